The third-order valence-corrected chi connectivity index (χ3v) is 3.06. The van der Waals surface area contributed by atoms with Crippen LogP contribution in [0, 0.1) is 0 Å². The van der Waals surface area contributed by atoms with Crippen molar-refractivity contribution in [1.29, 1.82) is 0 Å². The lowest BCUT2D eigenvalue weighted by Crippen LogP contribution is -2.37. The van der Waals surface area contributed by atoms with Gasteiger partial charge in [0.15, 0.2) is 11.2 Å². The number of aromatic nitrogens is 4. The van der Waals surface area contributed by atoms with Gasteiger partial charge in [-0.15, -0.1) is 0 Å². The molecule has 2 aromatic rings. The maximum atomic E-state index is 12.1. The summed E-state index contributed by atoms with van der Waals surface area (Å²) in [6.45, 7) is 2.75. The summed E-state index contributed by atoms with van der Waals surface area (Å²) in [7, 11) is 3.10. The van der Waals surface area contributed by atoms with Crippen LogP contribution in [0.3, 0.4) is 0 Å². The topological polar surface area (TPSA) is 61.8 Å². The third kappa shape index (κ3) is 1.92. The molecule has 0 amide bonds. The lowest BCUT2D eigenvalue weighted by atomic mass is 10.4. The van der Waals surface area contributed by atoms with Crippen molar-refractivity contribution in [2.24, 2.45) is 14.1 Å². The highest BCUT2D eigenvalue weighted by molar-refractivity contribution is 14.1. The number of nitrogens with zero attached hydrogens (tertiary/aromatic N) is 4. The van der Waals surface area contributed by atoms with E-state index in [0.717, 1.165) is 4.57 Å². The molecule has 6 nitrogen and oxygen atoms in total. The minimum Gasteiger partial charge on any atom is -0.324 e. The fraction of sp³-hybridized carbons (Fsp3) is 0.500. The minimum atomic E-state index is -0.352. The summed E-state index contributed by atoms with van der Waals surface area (Å²) in [5, 5.41) is 0. The lowest BCUT2D eigenvalue weighted by Gasteiger charge is -2.07. The molecule has 2 aromatic heterocycles. The first kappa shape index (κ1) is 12.3. The van der Waals surface area contributed by atoms with Crippen molar-refractivity contribution < 1.29 is 0 Å². The molecule has 0 spiro atoms. The van der Waals surface area contributed by atoms with Crippen molar-refractivity contribution >= 4 is 33.8 Å². The highest BCUT2D eigenvalue weighted by Gasteiger charge is 2.14. The molecule has 0 saturated heterocycles. The summed E-state index contributed by atoms with van der Waals surface area (Å²) < 4.78 is 4.68. The Bertz CT molecular complexity index is 680. The summed E-state index contributed by atoms with van der Waals surface area (Å²) in [5.41, 5.74) is 0.279. The number of fused-ring (bicyclic) bond motifs is 1. The third-order valence-electron chi connectivity index (χ3n) is 2.67. The monoisotopic (exact) mass is 348 g/mol. The lowest BCUT2D eigenvalue weighted by molar-refractivity contribution is 0.689. The molecule has 0 aromatic carbocycles. The SMILES string of the molecule is CC(I)Cn1cnc2c1c(=O)n(C)c(=O)n2C. The van der Waals surface area contributed by atoms with Crippen molar-refractivity contribution in [2.75, 3.05) is 0 Å². The van der Waals surface area contributed by atoms with Crippen LogP contribution in [0.15, 0.2) is 15.9 Å². The number of imidazole rings is 1. The molecule has 0 aliphatic heterocycles. The predicted octanol–water partition coefficient (Wildman–Crippen LogP) is 0.257. The van der Waals surface area contributed by atoms with Crippen LogP contribution in [0.25, 0.3) is 11.2 Å². The van der Waals surface area contributed by atoms with Gasteiger partial charge in [0.1, 0.15) is 0 Å². The maximum absolute atomic E-state index is 12.1. The van der Waals surface area contributed by atoms with Crippen molar-refractivity contribution in [3.05, 3.63) is 27.2 Å². The van der Waals surface area contributed by atoms with Crippen molar-refractivity contribution in [3.63, 3.8) is 0 Å². The van der Waals surface area contributed by atoms with Gasteiger partial charge in [-0.3, -0.25) is 13.9 Å². The molecule has 0 bridgehead atoms. The average Bonchev–Trinajstić information content (AvgIpc) is 2.66. The first-order valence-corrected chi connectivity index (χ1v) is 6.43. The van der Waals surface area contributed by atoms with Crippen LogP contribution in [-0.2, 0) is 20.6 Å². The zero-order chi connectivity index (χ0) is 12.7. The van der Waals surface area contributed by atoms with Crippen LogP contribution in [0.5, 0.6) is 0 Å². The second kappa shape index (κ2) is 4.28. The van der Waals surface area contributed by atoms with Crippen LogP contribution >= 0.6 is 22.6 Å². The molecule has 17 heavy (non-hydrogen) atoms. The first-order valence-electron chi connectivity index (χ1n) is 5.18. The van der Waals surface area contributed by atoms with Crippen molar-refractivity contribution in [1.82, 2.24) is 18.7 Å². The second-order valence-corrected chi connectivity index (χ2v) is 6.18. The second-order valence-electron chi connectivity index (χ2n) is 4.06. The molecule has 0 aliphatic rings. The molecule has 0 aliphatic carbocycles. The molecule has 1 unspecified atom stereocenters. The summed E-state index contributed by atoms with van der Waals surface area (Å²) in [5.74, 6) is 0. The van der Waals surface area contributed by atoms with Gasteiger partial charge >= 0.3 is 5.69 Å². The van der Waals surface area contributed by atoms with E-state index in [-0.39, 0.29) is 11.2 Å². The average molecular weight is 348 g/mol. The van der Waals surface area contributed by atoms with Gasteiger partial charge in [-0.2, -0.15) is 0 Å². The van der Waals surface area contributed by atoms with Crippen LogP contribution in [-0.4, -0.2) is 22.6 Å². The summed E-state index contributed by atoms with van der Waals surface area (Å²) in [6.07, 6.45) is 1.61. The quantitative estimate of drug-likeness (QED) is 0.578. The van der Waals surface area contributed by atoms with E-state index in [2.05, 4.69) is 34.5 Å². The predicted molar refractivity (Wildman–Crippen MR) is 73.7 cm³/mol. The van der Waals surface area contributed by atoms with Gasteiger partial charge in [0.2, 0.25) is 0 Å². The van der Waals surface area contributed by atoms with Gasteiger partial charge in [-0.25, -0.2) is 9.78 Å². The Morgan fingerprint density at radius 3 is 2.59 bits per heavy atom. The van der Waals surface area contributed by atoms with Gasteiger partial charge in [0, 0.05) is 24.6 Å². The van der Waals surface area contributed by atoms with Crippen molar-refractivity contribution in [2.45, 2.75) is 17.4 Å². The summed E-state index contributed by atoms with van der Waals surface area (Å²) in [4.78, 5) is 27.9. The van der Waals surface area contributed by atoms with E-state index in [1.165, 1.54) is 11.6 Å². The molecular formula is C10H13IN4O2. The zero-order valence-electron chi connectivity index (χ0n) is 9.85. The number of aryl methyl sites for hydroxylation is 1. The Hall–Kier alpha value is -1.12. The first-order chi connectivity index (χ1) is 7.93. The number of hydrogen-bond acceptors (Lipinski definition) is 3. The largest absolute Gasteiger partial charge is 0.332 e. The van der Waals surface area contributed by atoms with Gasteiger partial charge in [0.25, 0.3) is 5.56 Å². The van der Waals surface area contributed by atoms with E-state index in [1.54, 1.807) is 17.9 Å². The van der Waals surface area contributed by atoms with E-state index in [0.29, 0.717) is 21.6 Å². The van der Waals surface area contributed by atoms with Crippen LogP contribution in [0.4, 0.5) is 0 Å². The van der Waals surface area contributed by atoms with Gasteiger partial charge in [-0.05, 0) is 0 Å². The van der Waals surface area contributed by atoms with Gasteiger partial charge < -0.3 is 4.57 Å². The molecule has 92 valence electrons. The highest BCUT2D eigenvalue weighted by atomic mass is 127. The van der Waals surface area contributed by atoms with E-state index in [9.17, 15) is 9.59 Å². The number of alkyl halides is 1. The highest BCUT2D eigenvalue weighted by Crippen LogP contribution is 2.09. The Labute approximate surface area is 111 Å². The van der Waals surface area contributed by atoms with Crippen LogP contribution < -0.4 is 11.2 Å². The Balaban J connectivity index is 2.86. The molecule has 2 rings (SSSR count). The molecule has 2 heterocycles. The van der Waals surface area contributed by atoms with Gasteiger partial charge in [-0.1, -0.05) is 29.5 Å². The summed E-state index contributed by atoms with van der Waals surface area (Å²) >= 11 is 2.29. The number of hydrogen-bond donors (Lipinski definition) is 0. The Morgan fingerprint density at radius 1 is 1.35 bits per heavy atom. The fourth-order valence-corrected chi connectivity index (χ4v) is 2.23. The zero-order valence-corrected chi connectivity index (χ0v) is 12.0. The molecule has 1 atom stereocenters. The molecule has 0 radical (unpaired) electrons. The molecule has 0 saturated carbocycles. The molecule has 7 heteroatoms. The standard InChI is InChI=1S/C10H13IN4O2/c1-6(11)4-15-5-12-8-7(15)9(16)14(3)10(17)13(8)2/h5-6H,4H2,1-3H3. The summed E-state index contributed by atoms with van der Waals surface area (Å²) in [6, 6.07) is 0. The number of rotatable bonds is 2. The smallest absolute Gasteiger partial charge is 0.324 e. The fourth-order valence-electron chi connectivity index (χ4n) is 1.81. The van der Waals surface area contributed by atoms with Crippen LogP contribution in [0.2, 0.25) is 0 Å². The minimum absolute atomic E-state index is 0.294. The Kier molecular flexibility index (Phi) is 3.11. The maximum Gasteiger partial charge on any atom is 0.332 e. The molecule has 0 fully saturated rings. The van der Waals surface area contributed by atoms with E-state index < -0.39 is 0 Å². The van der Waals surface area contributed by atoms with Gasteiger partial charge in [0.05, 0.1) is 6.33 Å². The van der Waals surface area contributed by atoms with E-state index in [1.807, 2.05) is 0 Å². The van der Waals surface area contributed by atoms with Crippen molar-refractivity contribution in [3.8, 4) is 0 Å². The normalized spacial score (nSPS) is 13.2. The Morgan fingerprint density at radius 2 is 2.00 bits per heavy atom. The number of halogens is 1. The van der Waals surface area contributed by atoms with Crippen LogP contribution in [0.1, 0.15) is 6.92 Å². The molecular weight excluding hydrogens is 335 g/mol. The van der Waals surface area contributed by atoms with E-state index >= 15 is 0 Å². The van der Waals surface area contributed by atoms with E-state index in [4.69, 9.17) is 0 Å². The molecule has 0 N–H and O–H groups in total.